The summed E-state index contributed by atoms with van der Waals surface area (Å²) in [6.45, 7) is 0.536. The van der Waals surface area contributed by atoms with Gasteiger partial charge in [-0.25, -0.2) is 8.42 Å². The molecule has 30 heavy (non-hydrogen) atoms. The molecule has 1 aromatic carbocycles. The Bertz CT molecular complexity index is 1260. The third kappa shape index (κ3) is 3.97. The fourth-order valence-corrected chi connectivity index (χ4v) is 6.64. The second kappa shape index (κ2) is 8.05. The molecule has 160 valence electrons. The van der Waals surface area contributed by atoms with Gasteiger partial charge in [0.15, 0.2) is 21.3 Å². The predicted molar refractivity (Wildman–Crippen MR) is 120 cm³/mol. The molecule has 3 heterocycles. The number of ether oxygens (including phenoxy) is 2. The van der Waals surface area contributed by atoms with Gasteiger partial charge in [0.2, 0.25) is 0 Å². The lowest BCUT2D eigenvalue weighted by atomic mass is 10.1. The number of nitrogens with zero attached hydrogens (tertiary/aromatic N) is 1. The average Bonchev–Trinajstić information content (AvgIpc) is 3.31. The lowest BCUT2D eigenvalue weighted by Crippen LogP contribution is -2.29. The van der Waals surface area contributed by atoms with Gasteiger partial charge in [0.25, 0.3) is 5.56 Å². The average molecular weight is 449 g/mol. The molecule has 2 aromatic heterocycles. The third-order valence-corrected chi connectivity index (χ3v) is 8.33. The smallest absolute Gasteiger partial charge is 0.259 e. The minimum Gasteiger partial charge on any atom is -0.493 e. The number of thiophene rings is 1. The van der Waals surface area contributed by atoms with E-state index in [0.29, 0.717) is 29.9 Å². The van der Waals surface area contributed by atoms with Crippen LogP contribution in [-0.2, 0) is 23.4 Å². The molecule has 1 N–H and O–H groups in total. The van der Waals surface area contributed by atoms with Gasteiger partial charge in [0.05, 0.1) is 31.1 Å². The highest BCUT2D eigenvalue weighted by Gasteiger charge is 2.27. The number of fused-ring (bicyclic) bond motifs is 1. The van der Waals surface area contributed by atoms with Crippen molar-refractivity contribution in [1.82, 2.24) is 9.88 Å². The topological polar surface area (TPSA) is 86.6 Å². The molecule has 1 aliphatic heterocycles. The Morgan fingerprint density at radius 3 is 2.63 bits per heavy atom. The number of methoxy groups -OCH3 is 2. The summed E-state index contributed by atoms with van der Waals surface area (Å²) in [6, 6.07) is 7.57. The van der Waals surface area contributed by atoms with Gasteiger partial charge in [-0.05, 0) is 30.2 Å². The number of pyridine rings is 1. The summed E-state index contributed by atoms with van der Waals surface area (Å²) in [5.74, 6) is 1.68. The Kier molecular flexibility index (Phi) is 5.61. The summed E-state index contributed by atoms with van der Waals surface area (Å²) in [5, 5.41) is 3.98. The summed E-state index contributed by atoms with van der Waals surface area (Å²) < 4.78 is 36.6. The molecule has 0 saturated carbocycles. The van der Waals surface area contributed by atoms with Gasteiger partial charge >= 0.3 is 0 Å². The van der Waals surface area contributed by atoms with Crippen LogP contribution in [0.4, 0.5) is 0 Å². The molecule has 0 bridgehead atoms. The van der Waals surface area contributed by atoms with E-state index in [1.54, 1.807) is 37.2 Å². The van der Waals surface area contributed by atoms with Crippen molar-refractivity contribution < 1.29 is 17.9 Å². The molecule has 9 heteroatoms. The van der Waals surface area contributed by atoms with Crippen LogP contribution in [0, 0.1) is 0 Å². The Hall–Kier alpha value is -2.36. The van der Waals surface area contributed by atoms with Crippen LogP contribution in [0.15, 0.2) is 35.3 Å². The molecular weight excluding hydrogens is 424 g/mol. The highest BCUT2D eigenvalue weighted by molar-refractivity contribution is 7.91. The van der Waals surface area contributed by atoms with E-state index in [0.717, 1.165) is 20.7 Å². The minimum absolute atomic E-state index is 0.0339. The van der Waals surface area contributed by atoms with Gasteiger partial charge in [0.1, 0.15) is 0 Å². The Balaban J connectivity index is 1.71. The molecule has 1 atom stereocenters. The molecule has 0 radical (unpaired) electrons. The van der Waals surface area contributed by atoms with Crippen molar-refractivity contribution in [2.45, 2.75) is 19.0 Å². The van der Waals surface area contributed by atoms with Crippen molar-refractivity contribution in [2.24, 2.45) is 7.05 Å². The molecule has 3 aromatic rings. The zero-order valence-corrected chi connectivity index (χ0v) is 18.7. The number of benzene rings is 1. The molecule has 1 fully saturated rings. The fourth-order valence-electron chi connectivity index (χ4n) is 3.80. The molecule has 1 saturated heterocycles. The van der Waals surface area contributed by atoms with E-state index in [4.69, 9.17) is 9.47 Å². The van der Waals surface area contributed by atoms with Crippen LogP contribution in [0.5, 0.6) is 11.5 Å². The standard InChI is InChI=1S/C21H24N2O5S2/c1-23-11-17(13-4-5-18(27-2)19(8-13)28-3)20-16(21(23)24)9-15(29-20)10-22-14-6-7-30(25,26)12-14/h4-5,8-9,11,14,22H,6-7,10,12H2,1-3H3. The lowest BCUT2D eigenvalue weighted by Gasteiger charge is -2.11. The quantitative estimate of drug-likeness (QED) is 0.624. The monoisotopic (exact) mass is 448 g/mol. The van der Waals surface area contributed by atoms with E-state index >= 15 is 0 Å². The van der Waals surface area contributed by atoms with E-state index in [1.807, 2.05) is 30.5 Å². The van der Waals surface area contributed by atoms with E-state index in [2.05, 4.69) is 5.32 Å². The zero-order valence-electron chi connectivity index (χ0n) is 17.1. The van der Waals surface area contributed by atoms with Gasteiger partial charge < -0.3 is 19.4 Å². The van der Waals surface area contributed by atoms with E-state index < -0.39 is 9.84 Å². The Labute approximate surface area is 179 Å². The van der Waals surface area contributed by atoms with Crippen molar-refractivity contribution >= 4 is 31.3 Å². The normalized spacial score (nSPS) is 18.0. The summed E-state index contributed by atoms with van der Waals surface area (Å²) in [5.41, 5.74) is 1.81. The first kappa shape index (κ1) is 20.9. The van der Waals surface area contributed by atoms with Crippen LogP contribution in [-0.4, -0.2) is 44.8 Å². The molecular formula is C21H24N2O5S2. The van der Waals surface area contributed by atoms with Crippen LogP contribution in [0.25, 0.3) is 21.2 Å². The Morgan fingerprint density at radius 1 is 1.20 bits per heavy atom. The van der Waals surface area contributed by atoms with Crippen molar-refractivity contribution in [1.29, 1.82) is 0 Å². The van der Waals surface area contributed by atoms with Crippen molar-refractivity contribution in [3.8, 4) is 22.6 Å². The summed E-state index contributed by atoms with van der Waals surface area (Å²) in [4.78, 5) is 13.7. The number of aromatic nitrogens is 1. The SMILES string of the molecule is COc1ccc(-c2cn(C)c(=O)c3cc(CNC4CCS(=O)(=O)C4)sc23)cc1OC. The van der Waals surface area contributed by atoms with Crippen molar-refractivity contribution in [2.75, 3.05) is 25.7 Å². The summed E-state index contributed by atoms with van der Waals surface area (Å²) in [6.07, 6.45) is 2.47. The first-order valence-corrected chi connectivity index (χ1v) is 12.2. The maximum Gasteiger partial charge on any atom is 0.259 e. The van der Waals surface area contributed by atoms with Gasteiger partial charge in [-0.3, -0.25) is 4.79 Å². The Morgan fingerprint density at radius 2 is 1.97 bits per heavy atom. The van der Waals surface area contributed by atoms with Crippen molar-refractivity contribution in [3.63, 3.8) is 0 Å². The highest BCUT2D eigenvalue weighted by atomic mass is 32.2. The van der Waals surface area contributed by atoms with Crippen LogP contribution in [0.3, 0.4) is 0 Å². The first-order valence-electron chi connectivity index (χ1n) is 9.59. The van der Waals surface area contributed by atoms with Crippen LogP contribution < -0.4 is 20.3 Å². The van der Waals surface area contributed by atoms with Crippen LogP contribution in [0.2, 0.25) is 0 Å². The number of rotatable bonds is 6. The number of hydrogen-bond acceptors (Lipinski definition) is 7. The molecule has 1 aliphatic rings. The second-order valence-electron chi connectivity index (χ2n) is 7.46. The number of hydrogen-bond donors (Lipinski definition) is 1. The summed E-state index contributed by atoms with van der Waals surface area (Å²) >= 11 is 1.55. The maximum atomic E-state index is 12.7. The van der Waals surface area contributed by atoms with E-state index in [1.165, 1.54) is 0 Å². The number of nitrogens with one attached hydrogen (secondary N) is 1. The van der Waals surface area contributed by atoms with Gasteiger partial charge in [-0.15, -0.1) is 11.3 Å². The zero-order chi connectivity index (χ0) is 21.5. The van der Waals surface area contributed by atoms with Gasteiger partial charge in [-0.2, -0.15) is 0 Å². The lowest BCUT2D eigenvalue weighted by molar-refractivity contribution is 0.355. The molecule has 1 unspecified atom stereocenters. The van der Waals surface area contributed by atoms with Gasteiger partial charge in [-0.1, -0.05) is 6.07 Å². The van der Waals surface area contributed by atoms with E-state index in [9.17, 15) is 13.2 Å². The van der Waals surface area contributed by atoms with E-state index in [-0.39, 0.29) is 23.1 Å². The largest absolute Gasteiger partial charge is 0.493 e. The molecule has 0 amide bonds. The second-order valence-corrected chi connectivity index (χ2v) is 10.8. The maximum absolute atomic E-state index is 12.7. The summed E-state index contributed by atoms with van der Waals surface area (Å²) in [7, 11) is 2.00. The minimum atomic E-state index is -2.93. The highest BCUT2D eigenvalue weighted by Crippen LogP contribution is 2.37. The van der Waals surface area contributed by atoms with Gasteiger partial charge in [0, 0.05) is 41.0 Å². The van der Waals surface area contributed by atoms with Crippen LogP contribution >= 0.6 is 11.3 Å². The third-order valence-electron chi connectivity index (χ3n) is 5.39. The molecule has 4 rings (SSSR count). The van der Waals surface area contributed by atoms with Crippen LogP contribution in [0.1, 0.15) is 11.3 Å². The molecule has 7 nitrogen and oxygen atoms in total. The molecule has 0 spiro atoms. The fraction of sp³-hybridized carbons (Fsp3) is 0.381. The predicted octanol–water partition coefficient (Wildman–Crippen LogP) is 2.56. The number of aryl methyl sites for hydroxylation is 1. The molecule has 0 aliphatic carbocycles. The number of sulfone groups is 1. The first-order chi connectivity index (χ1) is 14.3. The van der Waals surface area contributed by atoms with Crippen molar-refractivity contribution in [3.05, 3.63) is 45.7 Å².